The lowest BCUT2D eigenvalue weighted by Gasteiger charge is -2.30. The van der Waals surface area contributed by atoms with Gasteiger partial charge in [0.2, 0.25) is 0 Å². The van der Waals surface area contributed by atoms with Crippen LogP contribution in [-0.4, -0.2) is 34.6 Å². The number of nitrogens with zero attached hydrogens (tertiary/aromatic N) is 1. The molecular weight excluding hydrogens is 286 g/mol. The van der Waals surface area contributed by atoms with Crippen LogP contribution in [0.1, 0.15) is 64.5 Å². The number of rotatable bonds is 7. The third-order valence-corrected chi connectivity index (χ3v) is 5.36. The first-order valence-electron chi connectivity index (χ1n) is 8.95. The summed E-state index contributed by atoms with van der Waals surface area (Å²) < 4.78 is 0. The van der Waals surface area contributed by atoms with E-state index in [1.54, 1.807) is 0 Å². The van der Waals surface area contributed by atoms with E-state index < -0.39 is 11.4 Å². The van der Waals surface area contributed by atoms with Crippen molar-refractivity contribution in [3.05, 3.63) is 35.4 Å². The van der Waals surface area contributed by atoms with Gasteiger partial charge < -0.3 is 5.11 Å². The maximum atomic E-state index is 11.8. The molecule has 2 rings (SSSR count). The van der Waals surface area contributed by atoms with Gasteiger partial charge in [0, 0.05) is 18.6 Å². The topological polar surface area (TPSA) is 40.5 Å². The highest BCUT2D eigenvalue weighted by Crippen LogP contribution is 2.41. The van der Waals surface area contributed by atoms with Crippen molar-refractivity contribution in [3.63, 3.8) is 0 Å². The number of hydrogen-bond acceptors (Lipinski definition) is 2. The molecular formula is C20H31NO2. The van der Waals surface area contributed by atoms with Crippen molar-refractivity contribution in [2.24, 2.45) is 0 Å². The van der Waals surface area contributed by atoms with Crippen LogP contribution in [0.4, 0.5) is 0 Å². The van der Waals surface area contributed by atoms with Gasteiger partial charge in [0.25, 0.3) is 0 Å². The van der Waals surface area contributed by atoms with Crippen molar-refractivity contribution < 1.29 is 9.90 Å². The van der Waals surface area contributed by atoms with Gasteiger partial charge in [0.1, 0.15) is 0 Å². The van der Waals surface area contributed by atoms with Gasteiger partial charge in [-0.3, -0.25) is 9.69 Å². The van der Waals surface area contributed by atoms with E-state index in [1.807, 2.05) is 12.1 Å². The predicted octanol–water partition coefficient (Wildman–Crippen LogP) is 4.24. The largest absolute Gasteiger partial charge is 0.481 e. The highest BCUT2D eigenvalue weighted by molar-refractivity contribution is 5.81. The fourth-order valence-electron chi connectivity index (χ4n) is 3.97. The number of carboxylic acids is 1. The van der Waals surface area contributed by atoms with Crippen molar-refractivity contribution in [1.82, 2.24) is 4.90 Å². The van der Waals surface area contributed by atoms with E-state index in [4.69, 9.17) is 0 Å². The predicted molar refractivity (Wildman–Crippen MR) is 94.9 cm³/mol. The quantitative estimate of drug-likeness (QED) is 0.817. The van der Waals surface area contributed by atoms with Gasteiger partial charge in [0.05, 0.1) is 5.41 Å². The van der Waals surface area contributed by atoms with E-state index in [1.165, 1.54) is 5.56 Å². The second-order valence-electron chi connectivity index (χ2n) is 7.47. The van der Waals surface area contributed by atoms with Crippen LogP contribution in [0.15, 0.2) is 24.3 Å². The molecule has 3 heteroatoms. The summed E-state index contributed by atoms with van der Waals surface area (Å²) in [5, 5.41) is 9.68. The van der Waals surface area contributed by atoms with Crippen LogP contribution in [-0.2, 0) is 16.6 Å². The molecule has 23 heavy (non-hydrogen) atoms. The molecule has 128 valence electrons. The molecule has 0 heterocycles. The zero-order valence-corrected chi connectivity index (χ0v) is 15.0. The summed E-state index contributed by atoms with van der Waals surface area (Å²) in [7, 11) is 0. The van der Waals surface area contributed by atoms with Gasteiger partial charge >= 0.3 is 5.97 Å². The number of carboxylic acid groups (broad SMARTS) is 1. The first-order chi connectivity index (χ1) is 10.9. The molecule has 0 spiro atoms. The van der Waals surface area contributed by atoms with Crippen molar-refractivity contribution in [1.29, 1.82) is 0 Å². The molecule has 1 fully saturated rings. The van der Waals surface area contributed by atoms with E-state index in [9.17, 15) is 9.90 Å². The van der Waals surface area contributed by atoms with Gasteiger partial charge in [0.15, 0.2) is 0 Å². The Hall–Kier alpha value is -1.35. The maximum Gasteiger partial charge on any atom is 0.314 e. The monoisotopic (exact) mass is 317 g/mol. The second kappa shape index (κ2) is 7.48. The standard InChI is InChI=1S/C20H31NO2/c1-15(2)21(16(3)4)14-11-17-7-9-18(10-8-17)20(19(22)23)12-5-6-13-20/h7-10,15-16H,5-6,11-14H2,1-4H3,(H,22,23). The average molecular weight is 317 g/mol. The minimum atomic E-state index is -0.659. The van der Waals surface area contributed by atoms with Crippen molar-refractivity contribution >= 4 is 5.97 Å². The van der Waals surface area contributed by atoms with E-state index >= 15 is 0 Å². The van der Waals surface area contributed by atoms with Crippen LogP contribution >= 0.6 is 0 Å². The summed E-state index contributed by atoms with van der Waals surface area (Å²) in [4.78, 5) is 14.3. The molecule has 1 aliphatic carbocycles. The van der Waals surface area contributed by atoms with E-state index in [-0.39, 0.29) is 0 Å². The highest BCUT2D eigenvalue weighted by Gasteiger charge is 2.42. The molecule has 1 saturated carbocycles. The normalized spacial score (nSPS) is 17.3. The number of benzene rings is 1. The van der Waals surface area contributed by atoms with Gasteiger partial charge in [-0.1, -0.05) is 37.1 Å². The first-order valence-corrected chi connectivity index (χ1v) is 8.95. The summed E-state index contributed by atoms with van der Waals surface area (Å²) in [6.07, 6.45) is 4.60. The number of carbonyl (C=O) groups is 1. The van der Waals surface area contributed by atoms with Crippen LogP contribution in [0.25, 0.3) is 0 Å². The van der Waals surface area contributed by atoms with Crippen LogP contribution < -0.4 is 0 Å². The van der Waals surface area contributed by atoms with E-state index in [2.05, 4.69) is 44.7 Å². The van der Waals surface area contributed by atoms with Crippen molar-refractivity contribution in [2.75, 3.05) is 6.54 Å². The zero-order valence-electron chi connectivity index (χ0n) is 15.0. The maximum absolute atomic E-state index is 11.8. The Bertz CT molecular complexity index is 505. The molecule has 1 N–H and O–H groups in total. The fourth-order valence-corrected chi connectivity index (χ4v) is 3.97. The third kappa shape index (κ3) is 3.95. The minimum absolute atomic E-state index is 0.544. The summed E-state index contributed by atoms with van der Waals surface area (Å²) >= 11 is 0. The lowest BCUT2D eigenvalue weighted by molar-refractivity contribution is -0.143. The molecule has 0 saturated heterocycles. The molecule has 0 aromatic heterocycles. The summed E-state index contributed by atoms with van der Waals surface area (Å²) in [5.74, 6) is -0.659. The Morgan fingerprint density at radius 1 is 1.09 bits per heavy atom. The third-order valence-electron chi connectivity index (χ3n) is 5.36. The highest BCUT2D eigenvalue weighted by atomic mass is 16.4. The molecule has 1 aliphatic rings. The lowest BCUT2D eigenvalue weighted by atomic mass is 9.78. The molecule has 1 aromatic rings. The smallest absolute Gasteiger partial charge is 0.314 e. The SMILES string of the molecule is CC(C)N(CCc1ccc(C2(C(=O)O)CCCC2)cc1)C(C)C. The Labute approximate surface area is 140 Å². The molecule has 3 nitrogen and oxygen atoms in total. The molecule has 0 bridgehead atoms. The molecule has 0 aliphatic heterocycles. The minimum Gasteiger partial charge on any atom is -0.481 e. The summed E-state index contributed by atoms with van der Waals surface area (Å²) in [6.45, 7) is 9.98. The van der Waals surface area contributed by atoms with Crippen molar-refractivity contribution in [3.8, 4) is 0 Å². The lowest BCUT2D eigenvalue weighted by Crippen LogP contribution is -2.38. The van der Waals surface area contributed by atoms with E-state index in [0.717, 1.165) is 44.2 Å². The zero-order chi connectivity index (χ0) is 17.0. The van der Waals surface area contributed by atoms with Crippen molar-refractivity contribution in [2.45, 2.75) is 77.3 Å². The molecule has 0 radical (unpaired) electrons. The summed E-state index contributed by atoms with van der Waals surface area (Å²) in [6, 6.07) is 9.42. The van der Waals surface area contributed by atoms with Crippen LogP contribution in [0, 0.1) is 0 Å². The first kappa shape index (κ1) is 18.0. The van der Waals surface area contributed by atoms with Crippen LogP contribution in [0.5, 0.6) is 0 Å². The average Bonchev–Trinajstić information content (AvgIpc) is 2.98. The number of aliphatic carboxylic acids is 1. The molecule has 0 amide bonds. The van der Waals surface area contributed by atoms with E-state index in [0.29, 0.717) is 12.1 Å². The summed E-state index contributed by atoms with van der Waals surface area (Å²) in [5.41, 5.74) is 1.63. The Morgan fingerprint density at radius 3 is 2.04 bits per heavy atom. The Balaban J connectivity index is 2.06. The Kier molecular flexibility index (Phi) is 5.85. The van der Waals surface area contributed by atoms with Gasteiger partial charge in [-0.25, -0.2) is 0 Å². The molecule has 0 unspecified atom stereocenters. The van der Waals surface area contributed by atoms with Crippen LogP contribution in [0.3, 0.4) is 0 Å². The number of hydrogen-bond donors (Lipinski definition) is 1. The fraction of sp³-hybridized carbons (Fsp3) is 0.650. The molecule has 0 atom stereocenters. The second-order valence-corrected chi connectivity index (χ2v) is 7.47. The Morgan fingerprint density at radius 2 is 1.61 bits per heavy atom. The van der Waals surface area contributed by atoms with Gasteiger partial charge in [-0.2, -0.15) is 0 Å². The van der Waals surface area contributed by atoms with Gasteiger partial charge in [-0.05, 0) is 58.1 Å². The van der Waals surface area contributed by atoms with Crippen LogP contribution in [0.2, 0.25) is 0 Å². The van der Waals surface area contributed by atoms with Gasteiger partial charge in [-0.15, -0.1) is 0 Å². The molecule has 1 aromatic carbocycles.